The van der Waals surface area contributed by atoms with Crippen molar-refractivity contribution < 1.29 is 9.18 Å². The van der Waals surface area contributed by atoms with Crippen LogP contribution in [0.3, 0.4) is 0 Å². The van der Waals surface area contributed by atoms with Crippen LogP contribution < -0.4 is 11.1 Å². The fraction of sp³-hybridized carbons (Fsp3) is 0.333. The van der Waals surface area contributed by atoms with Gasteiger partial charge in [0.2, 0.25) is 0 Å². The summed E-state index contributed by atoms with van der Waals surface area (Å²) < 4.78 is 13.0. The molecule has 1 atom stereocenters. The molecule has 0 radical (unpaired) electrons. The first-order chi connectivity index (χ1) is 10.1. The van der Waals surface area contributed by atoms with Gasteiger partial charge >= 0.3 is 0 Å². The highest BCUT2D eigenvalue weighted by molar-refractivity contribution is 7.09. The van der Waals surface area contributed by atoms with Crippen LogP contribution in [-0.2, 0) is 6.42 Å². The number of aromatic nitrogens is 1. The summed E-state index contributed by atoms with van der Waals surface area (Å²) in [6.45, 7) is 2.42. The molecule has 6 heteroatoms. The number of amides is 1. The molecule has 2 aromatic rings. The highest BCUT2D eigenvalue weighted by Gasteiger charge is 2.13. The van der Waals surface area contributed by atoms with Crippen molar-refractivity contribution in [2.75, 3.05) is 6.54 Å². The highest BCUT2D eigenvalue weighted by atomic mass is 32.1. The van der Waals surface area contributed by atoms with Crippen molar-refractivity contribution in [3.05, 3.63) is 51.7 Å². The summed E-state index contributed by atoms with van der Waals surface area (Å²) in [5.74, 6) is -0.492. The second kappa shape index (κ2) is 7.28. The first-order valence-corrected chi connectivity index (χ1v) is 7.71. The van der Waals surface area contributed by atoms with Crippen LogP contribution in [0.25, 0.3) is 0 Å². The molecule has 0 spiro atoms. The molecule has 21 heavy (non-hydrogen) atoms. The van der Waals surface area contributed by atoms with Crippen molar-refractivity contribution >= 4 is 17.2 Å². The van der Waals surface area contributed by atoms with Crippen LogP contribution in [-0.4, -0.2) is 17.4 Å². The van der Waals surface area contributed by atoms with E-state index in [1.807, 2.05) is 13.0 Å². The SMILES string of the molecule is CCC(N)c1nc(C(=O)NCCc2cccc(F)c2)cs1. The van der Waals surface area contributed by atoms with Gasteiger partial charge in [-0.05, 0) is 30.5 Å². The van der Waals surface area contributed by atoms with E-state index in [1.165, 1.54) is 23.5 Å². The number of nitrogens with one attached hydrogen (secondary N) is 1. The van der Waals surface area contributed by atoms with E-state index in [0.29, 0.717) is 18.7 Å². The Balaban J connectivity index is 1.86. The quantitative estimate of drug-likeness (QED) is 0.862. The van der Waals surface area contributed by atoms with Gasteiger partial charge in [-0.15, -0.1) is 11.3 Å². The smallest absolute Gasteiger partial charge is 0.270 e. The maximum atomic E-state index is 13.0. The first kappa shape index (κ1) is 15.6. The topological polar surface area (TPSA) is 68.0 Å². The molecule has 4 nitrogen and oxygen atoms in total. The summed E-state index contributed by atoms with van der Waals surface area (Å²) in [4.78, 5) is 16.2. The zero-order valence-corrected chi connectivity index (χ0v) is 12.6. The Morgan fingerprint density at radius 2 is 2.33 bits per heavy atom. The molecule has 1 aromatic carbocycles. The Hall–Kier alpha value is -1.79. The van der Waals surface area contributed by atoms with E-state index in [1.54, 1.807) is 11.4 Å². The predicted molar refractivity (Wildman–Crippen MR) is 81.8 cm³/mol. The Morgan fingerprint density at radius 1 is 1.52 bits per heavy atom. The molecule has 0 saturated heterocycles. The molecule has 1 amide bonds. The minimum atomic E-state index is -0.267. The maximum Gasteiger partial charge on any atom is 0.270 e. The summed E-state index contributed by atoms with van der Waals surface area (Å²) in [5.41, 5.74) is 7.12. The van der Waals surface area contributed by atoms with E-state index in [2.05, 4.69) is 10.3 Å². The highest BCUT2D eigenvalue weighted by Crippen LogP contribution is 2.18. The van der Waals surface area contributed by atoms with Crippen molar-refractivity contribution in [1.82, 2.24) is 10.3 Å². The Bertz CT molecular complexity index is 614. The van der Waals surface area contributed by atoms with Crippen molar-refractivity contribution in [2.24, 2.45) is 5.73 Å². The van der Waals surface area contributed by atoms with E-state index in [4.69, 9.17) is 5.73 Å². The summed E-state index contributed by atoms with van der Waals surface area (Å²) in [6, 6.07) is 6.23. The maximum absolute atomic E-state index is 13.0. The lowest BCUT2D eigenvalue weighted by atomic mass is 10.1. The number of hydrogen-bond acceptors (Lipinski definition) is 4. The zero-order chi connectivity index (χ0) is 15.2. The number of nitrogens with zero attached hydrogens (tertiary/aromatic N) is 1. The van der Waals surface area contributed by atoms with Gasteiger partial charge in [0.15, 0.2) is 0 Å². The number of hydrogen-bond donors (Lipinski definition) is 2. The third-order valence-electron chi connectivity index (χ3n) is 3.10. The number of carbonyl (C=O) groups excluding carboxylic acids is 1. The molecule has 1 heterocycles. The number of benzene rings is 1. The van der Waals surface area contributed by atoms with E-state index in [0.717, 1.165) is 17.0 Å². The number of thiazole rings is 1. The summed E-state index contributed by atoms with van der Waals surface area (Å²) >= 11 is 1.40. The van der Waals surface area contributed by atoms with Crippen LogP contribution in [0.15, 0.2) is 29.6 Å². The van der Waals surface area contributed by atoms with Gasteiger partial charge in [-0.3, -0.25) is 4.79 Å². The van der Waals surface area contributed by atoms with Gasteiger partial charge in [-0.1, -0.05) is 19.1 Å². The molecule has 112 valence electrons. The number of halogens is 1. The molecule has 1 unspecified atom stereocenters. The standard InChI is InChI=1S/C15H18FN3OS/c1-2-12(17)15-19-13(9-21-15)14(20)18-7-6-10-4-3-5-11(16)8-10/h3-5,8-9,12H,2,6-7,17H2,1H3,(H,18,20). The van der Waals surface area contributed by atoms with Gasteiger partial charge in [0.1, 0.15) is 16.5 Å². The van der Waals surface area contributed by atoms with Gasteiger partial charge in [0.05, 0.1) is 6.04 Å². The number of carbonyl (C=O) groups is 1. The second-order valence-electron chi connectivity index (χ2n) is 4.72. The van der Waals surface area contributed by atoms with Gasteiger partial charge in [0, 0.05) is 11.9 Å². The fourth-order valence-corrected chi connectivity index (χ4v) is 2.72. The molecule has 0 aliphatic heterocycles. The summed E-state index contributed by atoms with van der Waals surface area (Å²) in [5, 5.41) is 5.26. The van der Waals surface area contributed by atoms with Gasteiger partial charge < -0.3 is 11.1 Å². The normalized spacial score (nSPS) is 12.1. The molecule has 0 saturated carbocycles. The average molecular weight is 307 g/mol. The molecular formula is C15H18FN3OS. The zero-order valence-electron chi connectivity index (χ0n) is 11.8. The second-order valence-corrected chi connectivity index (χ2v) is 5.61. The lowest BCUT2D eigenvalue weighted by molar-refractivity contribution is 0.0949. The molecule has 0 aliphatic rings. The van der Waals surface area contributed by atoms with E-state index in [9.17, 15) is 9.18 Å². The van der Waals surface area contributed by atoms with Crippen LogP contribution in [0, 0.1) is 5.82 Å². The fourth-order valence-electron chi connectivity index (χ4n) is 1.84. The van der Waals surface area contributed by atoms with E-state index in [-0.39, 0.29) is 17.8 Å². The minimum Gasteiger partial charge on any atom is -0.350 e. The Labute approximate surface area is 127 Å². The number of nitrogens with two attached hydrogens (primary N) is 1. The first-order valence-electron chi connectivity index (χ1n) is 6.83. The van der Waals surface area contributed by atoms with Crippen molar-refractivity contribution in [2.45, 2.75) is 25.8 Å². The molecule has 0 aliphatic carbocycles. The Kier molecular flexibility index (Phi) is 5.41. The van der Waals surface area contributed by atoms with Crippen LogP contribution in [0.4, 0.5) is 4.39 Å². The number of rotatable bonds is 6. The predicted octanol–water partition coefficient (Wildman–Crippen LogP) is 2.66. The lowest BCUT2D eigenvalue weighted by Crippen LogP contribution is -2.26. The summed E-state index contributed by atoms with van der Waals surface area (Å²) in [6.07, 6.45) is 1.36. The third-order valence-corrected chi connectivity index (χ3v) is 4.08. The van der Waals surface area contributed by atoms with Crippen molar-refractivity contribution in [3.63, 3.8) is 0 Å². The van der Waals surface area contributed by atoms with Crippen LogP contribution >= 0.6 is 11.3 Å². The molecule has 1 aromatic heterocycles. The molecule has 0 bridgehead atoms. The van der Waals surface area contributed by atoms with Crippen molar-refractivity contribution in [3.8, 4) is 0 Å². The van der Waals surface area contributed by atoms with Crippen molar-refractivity contribution in [1.29, 1.82) is 0 Å². The monoisotopic (exact) mass is 307 g/mol. The largest absolute Gasteiger partial charge is 0.350 e. The van der Waals surface area contributed by atoms with Crippen LogP contribution in [0.2, 0.25) is 0 Å². The van der Waals surface area contributed by atoms with Gasteiger partial charge in [-0.25, -0.2) is 9.37 Å². The molecule has 2 rings (SSSR count). The van der Waals surface area contributed by atoms with E-state index < -0.39 is 0 Å². The molecule has 0 fully saturated rings. The third kappa shape index (κ3) is 4.34. The van der Waals surface area contributed by atoms with E-state index >= 15 is 0 Å². The van der Waals surface area contributed by atoms with Crippen LogP contribution in [0.1, 0.15) is 40.4 Å². The molecular weight excluding hydrogens is 289 g/mol. The van der Waals surface area contributed by atoms with Gasteiger partial charge in [0.25, 0.3) is 5.91 Å². The molecule has 3 N–H and O–H groups in total. The minimum absolute atomic E-state index is 0.121. The van der Waals surface area contributed by atoms with Gasteiger partial charge in [-0.2, -0.15) is 0 Å². The Morgan fingerprint density at radius 3 is 3.05 bits per heavy atom. The lowest BCUT2D eigenvalue weighted by Gasteiger charge is -2.04. The summed E-state index contributed by atoms with van der Waals surface area (Å²) in [7, 11) is 0. The average Bonchev–Trinajstić information content (AvgIpc) is 2.96. The van der Waals surface area contributed by atoms with Crippen LogP contribution in [0.5, 0.6) is 0 Å².